The number of carbonyl (C=O) groups is 1. The van der Waals surface area contributed by atoms with Crippen molar-refractivity contribution < 1.29 is 76.9 Å². The minimum Gasteiger partial charge on any atom is -0.462 e. The molecule has 23 heteroatoms. The van der Waals surface area contributed by atoms with E-state index < -0.39 is 35.9 Å². The van der Waals surface area contributed by atoms with Crippen molar-refractivity contribution in [2.24, 2.45) is 5.73 Å². The van der Waals surface area contributed by atoms with E-state index in [1.807, 2.05) is 0 Å². The Balaban J connectivity index is -0.000000328. The third-order valence-electron chi connectivity index (χ3n) is 6.83. The van der Waals surface area contributed by atoms with Gasteiger partial charge in [0.1, 0.15) is 0 Å². The number of ether oxygens (including phenoxy) is 4. The molecule has 3 N–H and O–H groups in total. The second-order valence-electron chi connectivity index (χ2n) is 10.6. The molecule has 0 saturated heterocycles. The van der Waals surface area contributed by atoms with Crippen LogP contribution in [0.3, 0.4) is 0 Å². The SMILES string of the molecule is C=C(C)C(=O)OCCC[Si](OC)(OC)OC.C=C[Si](OCCOC)(OCCOC)OCCOC.CO[SiH](OC)OC.CO[Si](CCCNCCN)(OC)OC. The zero-order valence-electron chi connectivity index (χ0n) is 36.0. The van der Waals surface area contributed by atoms with E-state index >= 15 is 0 Å². The van der Waals surface area contributed by atoms with Gasteiger partial charge in [-0.1, -0.05) is 13.2 Å². The summed E-state index contributed by atoms with van der Waals surface area (Å²) in [5, 5.41) is 3.21. The fourth-order valence-electron chi connectivity index (χ4n) is 3.74. The average molecular weight is 873 g/mol. The highest BCUT2D eigenvalue weighted by molar-refractivity contribution is 6.66. The molecule has 0 atom stereocenters. The Morgan fingerprint density at radius 2 is 1.00 bits per heavy atom. The van der Waals surface area contributed by atoms with Crippen molar-refractivity contribution in [1.82, 2.24) is 5.32 Å². The molecule has 0 rings (SSSR count). The molecule has 0 saturated carbocycles. The van der Waals surface area contributed by atoms with Crippen molar-refractivity contribution in [2.75, 3.05) is 151 Å². The van der Waals surface area contributed by atoms with Gasteiger partial charge in [0.2, 0.25) is 0 Å². The molecule has 0 bridgehead atoms. The lowest BCUT2D eigenvalue weighted by Gasteiger charge is -2.26. The van der Waals surface area contributed by atoms with Crippen molar-refractivity contribution in [3.05, 3.63) is 24.4 Å². The first-order chi connectivity index (χ1) is 26.3. The van der Waals surface area contributed by atoms with E-state index in [2.05, 4.69) is 18.5 Å². The summed E-state index contributed by atoms with van der Waals surface area (Å²) in [5.74, 6) is -0.375. The quantitative estimate of drug-likeness (QED) is 0.0415. The minimum atomic E-state index is -2.86. The van der Waals surface area contributed by atoms with Gasteiger partial charge in [0.05, 0.1) is 46.2 Å². The van der Waals surface area contributed by atoms with Crippen LogP contribution in [-0.2, 0) is 76.9 Å². The highest BCUT2D eigenvalue weighted by atomic mass is 28.4. The lowest BCUT2D eigenvalue weighted by molar-refractivity contribution is -0.139. The van der Waals surface area contributed by atoms with Crippen LogP contribution < -0.4 is 11.1 Å². The molecule has 0 radical (unpaired) electrons. The van der Waals surface area contributed by atoms with Crippen LogP contribution in [0.15, 0.2) is 24.4 Å². The number of methoxy groups -OCH3 is 3. The molecule has 0 fully saturated rings. The Labute approximate surface area is 336 Å². The Kier molecular flexibility index (Phi) is 47.2. The summed E-state index contributed by atoms with van der Waals surface area (Å²) in [5.41, 5.74) is 7.35. The van der Waals surface area contributed by atoms with Crippen LogP contribution in [0.25, 0.3) is 0 Å². The van der Waals surface area contributed by atoms with Gasteiger partial charge in [-0.3, -0.25) is 0 Å². The van der Waals surface area contributed by atoms with Gasteiger partial charge in [-0.25, -0.2) is 4.79 Å². The van der Waals surface area contributed by atoms with Crippen molar-refractivity contribution in [3.8, 4) is 0 Å². The van der Waals surface area contributed by atoms with E-state index in [4.69, 9.17) is 77.8 Å². The molecular formula is C32H76N2O17Si4. The third-order valence-corrected chi connectivity index (χ3v) is 16.0. The van der Waals surface area contributed by atoms with Gasteiger partial charge in [0, 0.05) is 116 Å². The number of esters is 1. The van der Waals surface area contributed by atoms with Gasteiger partial charge in [-0.2, -0.15) is 0 Å². The predicted octanol–water partition coefficient (Wildman–Crippen LogP) is 1.46. The van der Waals surface area contributed by atoms with E-state index in [0.29, 0.717) is 70.8 Å². The summed E-state index contributed by atoms with van der Waals surface area (Å²) in [6.07, 6.45) is 1.61. The zero-order valence-corrected chi connectivity index (χ0v) is 40.1. The van der Waals surface area contributed by atoms with Crippen LogP contribution in [0.1, 0.15) is 19.8 Å². The molecule has 332 valence electrons. The Morgan fingerprint density at radius 3 is 1.27 bits per heavy atom. The summed E-state index contributed by atoms with van der Waals surface area (Å²) >= 11 is 0. The van der Waals surface area contributed by atoms with Gasteiger partial charge in [0.25, 0.3) is 0 Å². The molecule has 0 aromatic heterocycles. The van der Waals surface area contributed by atoms with Crippen LogP contribution in [0.4, 0.5) is 0 Å². The topological polar surface area (TPSA) is 203 Å². The van der Waals surface area contributed by atoms with Gasteiger partial charge in [0.15, 0.2) is 0 Å². The van der Waals surface area contributed by atoms with Gasteiger partial charge in [-0.15, -0.1) is 0 Å². The average Bonchev–Trinajstić information content (AvgIpc) is 3.21. The highest BCUT2D eigenvalue weighted by Gasteiger charge is 2.39. The van der Waals surface area contributed by atoms with Crippen molar-refractivity contribution in [1.29, 1.82) is 0 Å². The van der Waals surface area contributed by atoms with Gasteiger partial charge < -0.3 is 83.1 Å². The lowest BCUT2D eigenvalue weighted by atomic mass is 10.4. The number of hydrogen-bond donors (Lipinski definition) is 2. The smallest absolute Gasteiger partial charge is 0.462 e. The molecular weight excluding hydrogens is 797 g/mol. The van der Waals surface area contributed by atoms with Crippen LogP contribution in [0, 0.1) is 0 Å². The molecule has 0 aliphatic rings. The van der Waals surface area contributed by atoms with Gasteiger partial charge in [-0.05, 0) is 32.0 Å². The fraction of sp³-hybridized carbons (Fsp3) is 0.844. The predicted molar refractivity (Wildman–Crippen MR) is 218 cm³/mol. The Morgan fingerprint density at radius 1 is 0.618 bits per heavy atom. The molecule has 0 aromatic carbocycles. The van der Waals surface area contributed by atoms with Gasteiger partial charge >= 0.3 is 41.9 Å². The summed E-state index contributed by atoms with van der Waals surface area (Å²) in [6.45, 7) is 14.2. The first-order valence-corrected chi connectivity index (χ1v) is 24.6. The lowest BCUT2D eigenvalue weighted by Crippen LogP contribution is -2.46. The molecule has 0 aliphatic carbocycles. The normalized spacial score (nSPS) is 11.5. The largest absolute Gasteiger partial charge is 0.529 e. The van der Waals surface area contributed by atoms with Crippen LogP contribution in [0.2, 0.25) is 12.1 Å². The van der Waals surface area contributed by atoms with Crippen LogP contribution in [-0.4, -0.2) is 193 Å². The maximum atomic E-state index is 11.1. The van der Waals surface area contributed by atoms with E-state index in [1.165, 1.54) is 0 Å². The second kappa shape index (κ2) is 42.7. The van der Waals surface area contributed by atoms with Crippen LogP contribution >= 0.6 is 0 Å². The maximum Gasteiger partial charge on any atom is 0.529 e. The van der Waals surface area contributed by atoms with Crippen molar-refractivity contribution >= 4 is 41.9 Å². The monoisotopic (exact) mass is 872 g/mol. The van der Waals surface area contributed by atoms with E-state index in [9.17, 15) is 4.79 Å². The first-order valence-electron chi connectivity index (χ1n) is 17.5. The molecule has 0 aromatic rings. The highest BCUT2D eigenvalue weighted by Crippen LogP contribution is 2.16. The molecule has 0 spiro atoms. The first kappa shape index (κ1) is 60.8. The minimum absolute atomic E-state index is 0.316. The molecule has 19 nitrogen and oxygen atoms in total. The summed E-state index contributed by atoms with van der Waals surface area (Å²) in [7, 11) is 9.70. The molecule has 0 heterocycles. The van der Waals surface area contributed by atoms with E-state index in [1.54, 1.807) is 97.9 Å². The maximum absolute atomic E-state index is 11.1. The van der Waals surface area contributed by atoms with E-state index in [-0.39, 0.29) is 5.97 Å². The molecule has 0 unspecified atom stereocenters. The zero-order chi connectivity index (χ0) is 42.9. The number of hydrogen-bond acceptors (Lipinski definition) is 19. The third kappa shape index (κ3) is 33.8. The van der Waals surface area contributed by atoms with Crippen molar-refractivity contribution in [3.63, 3.8) is 0 Å². The standard InChI is InChI=1S/C11H24O6Si.C10H20O5Si.C8H22N2O3Si.C3H10O3Si/c1-5-18(15-9-6-12-2,16-10-7-13-3)17-11-8-14-4;1-9(2)10(11)15-7-6-8-16(12-3,13-4)14-5;1-11-14(12-2,13-3)8-4-6-10-7-5-9;1-4-7(5-2)6-3/h5H,1,6-11H2,2-4H3;1,6-8H2,2-5H3;10H,4-9H2,1-3H3;7H,1-3H3. The van der Waals surface area contributed by atoms with Crippen LogP contribution in [0.5, 0.6) is 0 Å². The number of carbonyl (C=O) groups excluding carboxylic acids is 1. The Hall–Kier alpha value is -0.862. The summed E-state index contributed by atoms with van der Waals surface area (Å²) in [6, 6.07) is 1.44. The van der Waals surface area contributed by atoms with Crippen molar-refractivity contribution in [2.45, 2.75) is 31.9 Å². The second-order valence-corrected chi connectivity index (χ2v) is 21.2. The molecule has 0 amide bonds. The van der Waals surface area contributed by atoms with E-state index in [0.717, 1.165) is 25.6 Å². The fourth-order valence-corrected chi connectivity index (χ4v) is 9.43. The summed E-state index contributed by atoms with van der Waals surface area (Å²) in [4.78, 5) is 11.1. The number of rotatable bonds is 33. The Bertz CT molecular complexity index is 815. The number of nitrogens with two attached hydrogens (primary N) is 1. The number of nitrogens with one attached hydrogen (secondary N) is 1. The molecule has 55 heavy (non-hydrogen) atoms. The molecule has 0 aliphatic heterocycles. The summed E-state index contributed by atoms with van der Waals surface area (Å²) < 4.78 is 82.5.